The Labute approximate surface area is 98.0 Å². The zero-order valence-corrected chi connectivity index (χ0v) is 10.6. The number of hydrogen-bond acceptors (Lipinski definition) is 3. The second-order valence-electron chi connectivity index (χ2n) is 4.05. The summed E-state index contributed by atoms with van der Waals surface area (Å²) in [6, 6.07) is 2.56. The van der Waals surface area contributed by atoms with Crippen molar-refractivity contribution in [2.24, 2.45) is 0 Å². The fourth-order valence-corrected chi connectivity index (χ4v) is 1.61. The molecule has 0 saturated carbocycles. The average Bonchev–Trinajstić information content (AvgIpc) is 2.76. The van der Waals surface area contributed by atoms with Crippen LogP contribution in [0.3, 0.4) is 0 Å². The number of aromatic nitrogens is 2. The molecule has 0 aliphatic heterocycles. The molecule has 0 saturated heterocycles. The van der Waals surface area contributed by atoms with E-state index in [1.54, 1.807) is 7.11 Å². The van der Waals surface area contributed by atoms with Gasteiger partial charge in [-0.25, -0.2) is 0 Å². The van der Waals surface area contributed by atoms with E-state index in [0.717, 1.165) is 32.5 Å². The van der Waals surface area contributed by atoms with Gasteiger partial charge in [0.15, 0.2) is 0 Å². The van der Waals surface area contributed by atoms with Crippen molar-refractivity contribution in [3.05, 3.63) is 18.0 Å². The van der Waals surface area contributed by atoms with Crippen LogP contribution in [0.2, 0.25) is 0 Å². The molecule has 0 fully saturated rings. The summed E-state index contributed by atoms with van der Waals surface area (Å²) in [5.74, 6) is 0. The second kappa shape index (κ2) is 7.41. The van der Waals surface area contributed by atoms with Crippen LogP contribution in [0.5, 0.6) is 0 Å². The first-order valence-corrected chi connectivity index (χ1v) is 6.01. The zero-order valence-electron chi connectivity index (χ0n) is 10.6. The summed E-state index contributed by atoms with van der Waals surface area (Å²) in [7, 11) is 1.73. The molecule has 0 aromatic carbocycles. The summed E-state index contributed by atoms with van der Waals surface area (Å²) >= 11 is 0. The molecule has 1 aromatic rings. The first-order valence-electron chi connectivity index (χ1n) is 6.01. The van der Waals surface area contributed by atoms with Crippen LogP contribution in [0.25, 0.3) is 0 Å². The molecule has 1 heterocycles. The summed E-state index contributed by atoms with van der Waals surface area (Å²) in [6.45, 7) is 7.06. The largest absolute Gasteiger partial charge is 0.385 e. The van der Waals surface area contributed by atoms with Gasteiger partial charge in [0.05, 0.1) is 5.69 Å². The summed E-state index contributed by atoms with van der Waals surface area (Å²) < 4.78 is 7.10. The number of hydrogen-bond donors (Lipinski definition) is 1. The molecule has 1 aromatic heterocycles. The van der Waals surface area contributed by atoms with Crippen molar-refractivity contribution in [2.75, 3.05) is 20.3 Å². The van der Waals surface area contributed by atoms with Gasteiger partial charge in [-0.05, 0) is 32.4 Å². The third-order valence-electron chi connectivity index (χ3n) is 2.77. The van der Waals surface area contributed by atoms with Crippen LogP contribution >= 0.6 is 0 Å². The van der Waals surface area contributed by atoms with Gasteiger partial charge in [0.2, 0.25) is 0 Å². The Morgan fingerprint density at radius 1 is 1.56 bits per heavy atom. The van der Waals surface area contributed by atoms with Crippen LogP contribution in [0.4, 0.5) is 0 Å². The van der Waals surface area contributed by atoms with E-state index in [0.29, 0.717) is 6.04 Å². The SMILES string of the molecule is CC[C@@H](C)n1nccc1CNCCCOC. The van der Waals surface area contributed by atoms with Crippen LogP contribution in [0.1, 0.15) is 38.4 Å². The van der Waals surface area contributed by atoms with Crippen molar-refractivity contribution in [2.45, 2.75) is 39.3 Å². The van der Waals surface area contributed by atoms with Gasteiger partial charge in [-0.1, -0.05) is 6.92 Å². The standard InChI is InChI=1S/C12H23N3O/c1-4-11(2)15-12(6-8-14-15)10-13-7-5-9-16-3/h6,8,11,13H,4-5,7,9-10H2,1-3H3/t11-/m1/s1. The van der Waals surface area contributed by atoms with E-state index >= 15 is 0 Å². The fourth-order valence-electron chi connectivity index (χ4n) is 1.61. The van der Waals surface area contributed by atoms with E-state index in [-0.39, 0.29) is 0 Å². The van der Waals surface area contributed by atoms with Crippen molar-refractivity contribution in [1.82, 2.24) is 15.1 Å². The summed E-state index contributed by atoms with van der Waals surface area (Å²) in [5, 5.41) is 7.76. The van der Waals surface area contributed by atoms with Crippen LogP contribution in [-0.2, 0) is 11.3 Å². The van der Waals surface area contributed by atoms with Crippen LogP contribution < -0.4 is 5.32 Å². The molecule has 1 N–H and O–H groups in total. The maximum absolute atomic E-state index is 5.00. The van der Waals surface area contributed by atoms with Gasteiger partial charge < -0.3 is 10.1 Å². The average molecular weight is 225 g/mol. The molecule has 92 valence electrons. The lowest BCUT2D eigenvalue weighted by Gasteiger charge is -2.14. The van der Waals surface area contributed by atoms with E-state index in [1.165, 1.54) is 5.69 Å². The summed E-state index contributed by atoms with van der Waals surface area (Å²) in [5.41, 5.74) is 1.26. The van der Waals surface area contributed by atoms with E-state index in [4.69, 9.17) is 4.74 Å². The maximum atomic E-state index is 5.00. The molecule has 0 spiro atoms. The highest BCUT2D eigenvalue weighted by atomic mass is 16.5. The molecule has 0 aliphatic rings. The molecule has 1 atom stereocenters. The van der Waals surface area contributed by atoms with Gasteiger partial charge in [0.1, 0.15) is 0 Å². The first kappa shape index (κ1) is 13.2. The van der Waals surface area contributed by atoms with Gasteiger partial charge in [0.25, 0.3) is 0 Å². The number of ether oxygens (including phenoxy) is 1. The molecule has 4 nitrogen and oxygen atoms in total. The molecule has 0 radical (unpaired) electrons. The van der Waals surface area contributed by atoms with Crippen molar-refractivity contribution in [3.8, 4) is 0 Å². The molecular formula is C12H23N3O. The predicted molar refractivity (Wildman–Crippen MR) is 65.4 cm³/mol. The minimum absolute atomic E-state index is 0.478. The number of rotatable bonds is 8. The Balaban J connectivity index is 2.33. The van der Waals surface area contributed by atoms with Gasteiger partial charge in [-0.2, -0.15) is 5.10 Å². The van der Waals surface area contributed by atoms with Crippen molar-refractivity contribution >= 4 is 0 Å². The highest BCUT2D eigenvalue weighted by molar-refractivity contribution is 5.01. The molecule has 0 bridgehead atoms. The van der Waals surface area contributed by atoms with E-state index < -0.39 is 0 Å². The van der Waals surface area contributed by atoms with Crippen molar-refractivity contribution < 1.29 is 4.74 Å². The van der Waals surface area contributed by atoms with Crippen LogP contribution in [0.15, 0.2) is 12.3 Å². The Kier molecular flexibility index (Phi) is 6.11. The van der Waals surface area contributed by atoms with Crippen LogP contribution in [0, 0.1) is 0 Å². The molecule has 16 heavy (non-hydrogen) atoms. The quantitative estimate of drug-likeness (QED) is 0.688. The van der Waals surface area contributed by atoms with Gasteiger partial charge in [0, 0.05) is 32.5 Å². The molecule has 4 heteroatoms. The molecule has 0 unspecified atom stereocenters. The van der Waals surface area contributed by atoms with E-state index in [9.17, 15) is 0 Å². The van der Waals surface area contributed by atoms with Crippen molar-refractivity contribution in [3.63, 3.8) is 0 Å². The molecular weight excluding hydrogens is 202 g/mol. The van der Waals surface area contributed by atoms with Crippen molar-refractivity contribution in [1.29, 1.82) is 0 Å². The Hall–Kier alpha value is -0.870. The third kappa shape index (κ3) is 3.94. The lowest BCUT2D eigenvalue weighted by Crippen LogP contribution is -2.20. The highest BCUT2D eigenvalue weighted by Crippen LogP contribution is 2.11. The molecule has 0 amide bonds. The number of methoxy groups -OCH3 is 1. The minimum Gasteiger partial charge on any atom is -0.385 e. The Morgan fingerprint density at radius 3 is 3.06 bits per heavy atom. The summed E-state index contributed by atoms with van der Waals surface area (Å²) in [4.78, 5) is 0. The smallest absolute Gasteiger partial charge is 0.0525 e. The van der Waals surface area contributed by atoms with Gasteiger partial charge >= 0.3 is 0 Å². The lowest BCUT2D eigenvalue weighted by atomic mass is 10.2. The van der Waals surface area contributed by atoms with Gasteiger partial charge in [-0.15, -0.1) is 0 Å². The van der Waals surface area contributed by atoms with E-state index in [1.807, 2.05) is 6.20 Å². The fraction of sp³-hybridized carbons (Fsp3) is 0.750. The van der Waals surface area contributed by atoms with Gasteiger partial charge in [-0.3, -0.25) is 4.68 Å². The Bertz CT molecular complexity index is 286. The van der Waals surface area contributed by atoms with E-state index in [2.05, 4.69) is 35.0 Å². The Morgan fingerprint density at radius 2 is 2.38 bits per heavy atom. The normalized spacial score (nSPS) is 12.9. The maximum Gasteiger partial charge on any atom is 0.0525 e. The predicted octanol–water partition coefficient (Wildman–Crippen LogP) is 1.98. The number of nitrogens with one attached hydrogen (secondary N) is 1. The zero-order chi connectivity index (χ0) is 11.8. The molecule has 0 aliphatic carbocycles. The topological polar surface area (TPSA) is 39.1 Å². The second-order valence-corrected chi connectivity index (χ2v) is 4.05. The first-order chi connectivity index (χ1) is 7.79. The number of nitrogens with zero attached hydrogens (tertiary/aromatic N) is 2. The molecule has 1 rings (SSSR count). The highest BCUT2D eigenvalue weighted by Gasteiger charge is 2.07. The van der Waals surface area contributed by atoms with Crippen LogP contribution in [-0.4, -0.2) is 30.0 Å². The monoisotopic (exact) mass is 225 g/mol. The lowest BCUT2D eigenvalue weighted by molar-refractivity contribution is 0.194. The minimum atomic E-state index is 0.478. The summed E-state index contributed by atoms with van der Waals surface area (Å²) in [6.07, 6.45) is 4.03. The third-order valence-corrected chi connectivity index (χ3v) is 2.77.